The first kappa shape index (κ1) is 13.4. The molecule has 1 unspecified atom stereocenters. The number of carbonyl (C=O) groups excluding carboxylic acids is 1. The van der Waals surface area contributed by atoms with Crippen LogP contribution in [0.5, 0.6) is 0 Å². The van der Waals surface area contributed by atoms with Crippen molar-refractivity contribution in [3.05, 3.63) is 0 Å². The Balaban J connectivity index is 3.60. The Labute approximate surface area is 86.8 Å². The standard InChI is InChI=1S/C10H23N3O/c1-4-9(2)12-10(14)8-13(3)7-5-6-11/h9H,4-8,11H2,1-3H3,(H,12,14). The fourth-order valence-electron chi connectivity index (χ4n) is 1.11. The molecule has 3 N–H and O–H groups in total. The van der Waals surface area contributed by atoms with E-state index in [1.807, 2.05) is 18.9 Å². The van der Waals surface area contributed by atoms with Gasteiger partial charge < -0.3 is 11.1 Å². The molecule has 0 heterocycles. The minimum Gasteiger partial charge on any atom is -0.353 e. The molecule has 0 aliphatic carbocycles. The number of carbonyl (C=O) groups is 1. The molecule has 0 bridgehead atoms. The van der Waals surface area contributed by atoms with Gasteiger partial charge in [-0.05, 0) is 39.9 Å². The van der Waals surface area contributed by atoms with Crippen LogP contribution in [-0.4, -0.2) is 43.5 Å². The normalized spacial score (nSPS) is 12.9. The summed E-state index contributed by atoms with van der Waals surface area (Å²) in [5.74, 6) is 0.0962. The van der Waals surface area contributed by atoms with Gasteiger partial charge >= 0.3 is 0 Å². The first-order chi connectivity index (χ1) is 6.60. The zero-order chi connectivity index (χ0) is 11.0. The van der Waals surface area contributed by atoms with Crippen LogP contribution in [0.1, 0.15) is 26.7 Å². The van der Waals surface area contributed by atoms with Gasteiger partial charge in [0.05, 0.1) is 6.54 Å². The first-order valence-electron chi connectivity index (χ1n) is 5.28. The summed E-state index contributed by atoms with van der Waals surface area (Å²) in [6, 6.07) is 0.269. The molecule has 1 atom stereocenters. The molecule has 14 heavy (non-hydrogen) atoms. The van der Waals surface area contributed by atoms with Gasteiger partial charge in [0.1, 0.15) is 0 Å². The third-order valence-electron chi connectivity index (χ3n) is 2.18. The second-order valence-corrected chi connectivity index (χ2v) is 3.76. The van der Waals surface area contributed by atoms with E-state index < -0.39 is 0 Å². The molecule has 1 amide bonds. The highest BCUT2D eigenvalue weighted by molar-refractivity contribution is 5.78. The molecule has 0 spiro atoms. The van der Waals surface area contributed by atoms with Crippen LogP contribution in [-0.2, 0) is 4.79 Å². The van der Waals surface area contributed by atoms with E-state index in [1.54, 1.807) is 0 Å². The highest BCUT2D eigenvalue weighted by Crippen LogP contribution is 1.90. The molecular weight excluding hydrogens is 178 g/mol. The maximum atomic E-state index is 11.4. The monoisotopic (exact) mass is 201 g/mol. The fraction of sp³-hybridized carbons (Fsp3) is 0.900. The SMILES string of the molecule is CCC(C)NC(=O)CN(C)CCCN. The average molecular weight is 201 g/mol. The number of rotatable bonds is 7. The molecule has 0 fully saturated rings. The van der Waals surface area contributed by atoms with Crippen molar-refractivity contribution in [3.63, 3.8) is 0 Å². The zero-order valence-electron chi connectivity index (χ0n) is 9.55. The van der Waals surface area contributed by atoms with Gasteiger partial charge in [0.25, 0.3) is 0 Å². The van der Waals surface area contributed by atoms with Crippen molar-refractivity contribution in [1.82, 2.24) is 10.2 Å². The summed E-state index contributed by atoms with van der Waals surface area (Å²) >= 11 is 0. The van der Waals surface area contributed by atoms with Crippen molar-refractivity contribution >= 4 is 5.91 Å². The molecule has 0 aromatic carbocycles. The molecule has 0 aromatic heterocycles. The van der Waals surface area contributed by atoms with E-state index in [9.17, 15) is 4.79 Å². The van der Waals surface area contributed by atoms with Crippen molar-refractivity contribution in [3.8, 4) is 0 Å². The van der Waals surface area contributed by atoms with E-state index in [0.717, 1.165) is 19.4 Å². The lowest BCUT2D eigenvalue weighted by atomic mass is 10.2. The number of hydrogen-bond donors (Lipinski definition) is 2. The highest BCUT2D eigenvalue weighted by atomic mass is 16.2. The summed E-state index contributed by atoms with van der Waals surface area (Å²) in [6.07, 6.45) is 1.91. The largest absolute Gasteiger partial charge is 0.353 e. The van der Waals surface area contributed by atoms with Crippen LogP contribution in [0.4, 0.5) is 0 Å². The lowest BCUT2D eigenvalue weighted by molar-refractivity contribution is -0.122. The van der Waals surface area contributed by atoms with Crippen molar-refractivity contribution in [2.24, 2.45) is 5.73 Å². The number of nitrogens with zero attached hydrogens (tertiary/aromatic N) is 1. The van der Waals surface area contributed by atoms with Gasteiger partial charge in [-0.3, -0.25) is 9.69 Å². The van der Waals surface area contributed by atoms with Gasteiger partial charge in [-0.15, -0.1) is 0 Å². The van der Waals surface area contributed by atoms with E-state index in [2.05, 4.69) is 12.2 Å². The average Bonchev–Trinajstić information content (AvgIpc) is 2.14. The lowest BCUT2D eigenvalue weighted by Crippen LogP contribution is -2.40. The number of nitrogens with two attached hydrogens (primary N) is 1. The van der Waals surface area contributed by atoms with E-state index in [1.165, 1.54) is 0 Å². The summed E-state index contributed by atoms with van der Waals surface area (Å²) in [7, 11) is 1.94. The fourth-order valence-corrected chi connectivity index (χ4v) is 1.11. The molecular formula is C10H23N3O. The number of nitrogens with one attached hydrogen (secondary N) is 1. The first-order valence-corrected chi connectivity index (χ1v) is 5.28. The summed E-state index contributed by atoms with van der Waals surface area (Å²) in [6.45, 7) is 6.09. The Morgan fingerprint density at radius 3 is 2.71 bits per heavy atom. The van der Waals surface area contributed by atoms with Crippen molar-refractivity contribution < 1.29 is 4.79 Å². The van der Waals surface area contributed by atoms with Crippen LogP contribution >= 0.6 is 0 Å². The van der Waals surface area contributed by atoms with E-state index in [0.29, 0.717) is 13.1 Å². The van der Waals surface area contributed by atoms with Crippen LogP contribution in [0, 0.1) is 0 Å². The Kier molecular flexibility index (Phi) is 7.42. The van der Waals surface area contributed by atoms with Crippen LogP contribution in [0.3, 0.4) is 0 Å². The van der Waals surface area contributed by atoms with Gasteiger partial charge in [-0.2, -0.15) is 0 Å². The van der Waals surface area contributed by atoms with E-state index in [4.69, 9.17) is 5.73 Å². The van der Waals surface area contributed by atoms with Crippen molar-refractivity contribution in [2.45, 2.75) is 32.7 Å². The van der Waals surface area contributed by atoms with Gasteiger partial charge in [-0.1, -0.05) is 6.92 Å². The smallest absolute Gasteiger partial charge is 0.234 e. The molecule has 0 aliphatic rings. The number of likely N-dealkylation sites (N-methyl/N-ethyl adjacent to an activating group) is 1. The molecule has 84 valence electrons. The Bertz CT molecular complexity index is 161. The molecule has 0 saturated heterocycles. The van der Waals surface area contributed by atoms with Crippen LogP contribution in [0.15, 0.2) is 0 Å². The Hall–Kier alpha value is -0.610. The molecule has 0 radical (unpaired) electrons. The summed E-state index contributed by atoms with van der Waals surface area (Å²) in [4.78, 5) is 13.4. The molecule has 0 rings (SSSR count). The van der Waals surface area contributed by atoms with Gasteiger partial charge in [-0.25, -0.2) is 0 Å². The van der Waals surface area contributed by atoms with E-state index in [-0.39, 0.29) is 11.9 Å². The molecule has 4 heteroatoms. The summed E-state index contributed by atoms with van der Waals surface area (Å²) < 4.78 is 0. The van der Waals surface area contributed by atoms with Crippen LogP contribution in [0.25, 0.3) is 0 Å². The molecule has 0 aliphatic heterocycles. The topological polar surface area (TPSA) is 58.4 Å². The summed E-state index contributed by atoms with van der Waals surface area (Å²) in [5.41, 5.74) is 5.38. The van der Waals surface area contributed by atoms with Gasteiger partial charge in [0, 0.05) is 6.04 Å². The minimum absolute atomic E-state index is 0.0962. The van der Waals surface area contributed by atoms with Gasteiger partial charge in [0.15, 0.2) is 0 Å². The number of hydrogen-bond acceptors (Lipinski definition) is 3. The Morgan fingerprint density at radius 2 is 2.21 bits per heavy atom. The number of amides is 1. The molecule has 4 nitrogen and oxygen atoms in total. The van der Waals surface area contributed by atoms with E-state index >= 15 is 0 Å². The van der Waals surface area contributed by atoms with Crippen LogP contribution in [0.2, 0.25) is 0 Å². The molecule has 0 saturated carbocycles. The van der Waals surface area contributed by atoms with Crippen molar-refractivity contribution in [2.75, 3.05) is 26.7 Å². The maximum absolute atomic E-state index is 11.4. The predicted octanol–water partition coefficient (Wildman–Crippen LogP) is 0.182. The molecule has 0 aromatic rings. The maximum Gasteiger partial charge on any atom is 0.234 e. The third-order valence-corrected chi connectivity index (χ3v) is 2.18. The highest BCUT2D eigenvalue weighted by Gasteiger charge is 2.07. The predicted molar refractivity (Wildman–Crippen MR) is 59.1 cm³/mol. The van der Waals surface area contributed by atoms with Gasteiger partial charge in [0.2, 0.25) is 5.91 Å². The van der Waals surface area contributed by atoms with Crippen molar-refractivity contribution in [1.29, 1.82) is 0 Å². The quantitative estimate of drug-likeness (QED) is 0.618. The minimum atomic E-state index is 0.0962. The Morgan fingerprint density at radius 1 is 1.57 bits per heavy atom. The lowest BCUT2D eigenvalue weighted by Gasteiger charge is -2.17. The summed E-state index contributed by atoms with van der Waals surface area (Å²) in [5, 5.41) is 2.93. The second-order valence-electron chi connectivity index (χ2n) is 3.76. The van der Waals surface area contributed by atoms with Crippen LogP contribution < -0.4 is 11.1 Å². The second kappa shape index (κ2) is 7.76. The zero-order valence-corrected chi connectivity index (χ0v) is 9.55. The third kappa shape index (κ3) is 6.86.